The zero-order chi connectivity index (χ0) is 14.5. The van der Waals surface area contributed by atoms with Gasteiger partial charge in [-0.25, -0.2) is 0 Å². The number of hydrogen-bond donors (Lipinski definition) is 1. The SMILES string of the molecule is CC(=O)N(C)Cc1cccc(NCc2ccc(Br)s2)c1. The van der Waals surface area contributed by atoms with Gasteiger partial charge in [0.1, 0.15) is 0 Å². The standard InChI is InChI=1S/C15H17BrN2OS/c1-11(19)18(2)10-12-4-3-5-13(8-12)17-9-14-6-7-15(16)20-14/h3-8,17H,9-10H2,1-2H3. The number of amides is 1. The van der Waals surface area contributed by atoms with Crippen molar-refractivity contribution < 1.29 is 4.79 Å². The largest absolute Gasteiger partial charge is 0.380 e. The van der Waals surface area contributed by atoms with Crippen LogP contribution in [0.3, 0.4) is 0 Å². The molecule has 0 fully saturated rings. The summed E-state index contributed by atoms with van der Waals surface area (Å²) in [5.74, 6) is 0.0757. The van der Waals surface area contributed by atoms with Gasteiger partial charge in [-0.15, -0.1) is 11.3 Å². The molecule has 0 unspecified atom stereocenters. The van der Waals surface area contributed by atoms with Gasteiger partial charge in [0.05, 0.1) is 3.79 Å². The topological polar surface area (TPSA) is 32.3 Å². The van der Waals surface area contributed by atoms with Gasteiger partial charge < -0.3 is 10.2 Å². The Labute approximate surface area is 131 Å². The lowest BCUT2D eigenvalue weighted by molar-refractivity contribution is -0.128. The number of benzene rings is 1. The average Bonchev–Trinajstić information content (AvgIpc) is 2.82. The lowest BCUT2D eigenvalue weighted by Gasteiger charge is -2.15. The normalized spacial score (nSPS) is 10.3. The van der Waals surface area contributed by atoms with Gasteiger partial charge in [0.2, 0.25) is 5.91 Å². The van der Waals surface area contributed by atoms with Crippen LogP contribution in [0.25, 0.3) is 0 Å². The minimum atomic E-state index is 0.0757. The summed E-state index contributed by atoms with van der Waals surface area (Å²) in [6, 6.07) is 12.3. The van der Waals surface area contributed by atoms with Crippen molar-refractivity contribution in [2.45, 2.75) is 20.0 Å². The summed E-state index contributed by atoms with van der Waals surface area (Å²) in [4.78, 5) is 14.2. The van der Waals surface area contributed by atoms with Gasteiger partial charge in [-0.2, -0.15) is 0 Å². The molecule has 1 aromatic carbocycles. The first-order chi connectivity index (χ1) is 9.54. The maximum Gasteiger partial charge on any atom is 0.219 e. The molecular weight excluding hydrogens is 336 g/mol. The van der Waals surface area contributed by atoms with E-state index < -0.39 is 0 Å². The smallest absolute Gasteiger partial charge is 0.219 e. The van der Waals surface area contributed by atoms with E-state index in [2.05, 4.69) is 39.4 Å². The minimum absolute atomic E-state index is 0.0757. The van der Waals surface area contributed by atoms with E-state index in [9.17, 15) is 4.79 Å². The van der Waals surface area contributed by atoms with Crippen LogP contribution in [-0.2, 0) is 17.9 Å². The van der Waals surface area contributed by atoms with Gasteiger partial charge in [-0.3, -0.25) is 4.79 Å². The van der Waals surface area contributed by atoms with Crippen molar-refractivity contribution in [3.63, 3.8) is 0 Å². The Hall–Kier alpha value is -1.33. The minimum Gasteiger partial charge on any atom is -0.380 e. The summed E-state index contributed by atoms with van der Waals surface area (Å²) in [5, 5.41) is 3.40. The van der Waals surface area contributed by atoms with Gasteiger partial charge in [-0.1, -0.05) is 12.1 Å². The Kier molecular flexibility index (Phi) is 5.20. The number of rotatable bonds is 5. The van der Waals surface area contributed by atoms with Crippen LogP contribution >= 0.6 is 27.3 Å². The molecule has 106 valence electrons. The fourth-order valence-electron chi connectivity index (χ4n) is 1.80. The number of halogens is 1. The van der Waals surface area contributed by atoms with Crippen LogP contribution in [0.15, 0.2) is 40.2 Å². The Bertz CT molecular complexity index is 597. The molecule has 1 heterocycles. The van der Waals surface area contributed by atoms with Crippen molar-refractivity contribution in [3.8, 4) is 0 Å². The second-order valence-corrected chi connectivity index (χ2v) is 7.18. The lowest BCUT2D eigenvalue weighted by atomic mass is 10.2. The van der Waals surface area contributed by atoms with Crippen LogP contribution in [0, 0.1) is 0 Å². The Morgan fingerprint density at radius 3 is 2.80 bits per heavy atom. The summed E-state index contributed by atoms with van der Waals surface area (Å²) in [5.41, 5.74) is 2.20. The maximum atomic E-state index is 11.3. The van der Waals surface area contributed by atoms with E-state index >= 15 is 0 Å². The van der Waals surface area contributed by atoms with Crippen molar-refractivity contribution in [1.82, 2.24) is 4.90 Å². The number of thiophene rings is 1. The highest BCUT2D eigenvalue weighted by atomic mass is 79.9. The predicted molar refractivity (Wildman–Crippen MR) is 87.9 cm³/mol. The highest BCUT2D eigenvalue weighted by Gasteiger charge is 2.04. The molecule has 0 saturated heterocycles. The van der Waals surface area contributed by atoms with Crippen LogP contribution in [0.5, 0.6) is 0 Å². The first-order valence-corrected chi connectivity index (χ1v) is 7.94. The van der Waals surface area contributed by atoms with Crippen molar-refractivity contribution in [3.05, 3.63) is 50.6 Å². The number of hydrogen-bond acceptors (Lipinski definition) is 3. The molecule has 2 aromatic rings. The summed E-state index contributed by atoms with van der Waals surface area (Å²) in [6.07, 6.45) is 0. The Morgan fingerprint density at radius 2 is 2.15 bits per heavy atom. The first kappa shape index (κ1) is 15.1. The number of anilines is 1. The predicted octanol–water partition coefficient (Wildman–Crippen LogP) is 4.10. The molecule has 0 aliphatic carbocycles. The third-order valence-corrected chi connectivity index (χ3v) is 4.60. The monoisotopic (exact) mass is 352 g/mol. The zero-order valence-corrected chi connectivity index (χ0v) is 13.9. The van der Waals surface area contributed by atoms with E-state index in [4.69, 9.17) is 0 Å². The molecule has 0 aliphatic rings. The molecule has 1 aromatic heterocycles. The van der Waals surface area contributed by atoms with Gasteiger partial charge in [0, 0.05) is 37.6 Å². The van der Waals surface area contributed by atoms with Crippen LogP contribution < -0.4 is 5.32 Å². The van der Waals surface area contributed by atoms with E-state index in [1.165, 1.54) is 4.88 Å². The van der Waals surface area contributed by atoms with Crippen LogP contribution in [0.4, 0.5) is 5.69 Å². The molecule has 3 nitrogen and oxygen atoms in total. The Balaban J connectivity index is 1.97. The van der Waals surface area contributed by atoms with Crippen LogP contribution in [-0.4, -0.2) is 17.9 Å². The fraction of sp³-hybridized carbons (Fsp3) is 0.267. The molecule has 0 aliphatic heterocycles. The zero-order valence-electron chi connectivity index (χ0n) is 11.5. The van der Waals surface area contributed by atoms with Crippen molar-refractivity contribution in [2.24, 2.45) is 0 Å². The molecule has 0 saturated carbocycles. The fourth-order valence-corrected chi connectivity index (χ4v) is 3.22. The first-order valence-electron chi connectivity index (χ1n) is 6.33. The molecule has 2 rings (SSSR count). The quantitative estimate of drug-likeness (QED) is 0.878. The summed E-state index contributed by atoms with van der Waals surface area (Å²) in [6.45, 7) is 3.02. The third-order valence-electron chi connectivity index (χ3n) is 2.98. The molecule has 0 atom stereocenters. The molecule has 0 radical (unpaired) electrons. The molecule has 5 heteroatoms. The van der Waals surface area contributed by atoms with E-state index in [1.54, 1.807) is 23.2 Å². The number of nitrogens with one attached hydrogen (secondary N) is 1. The van der Waals surface area contributed by atoms with Crippen LogP contribution in [0.1, 0.15) is 17.4 Å². The van der Waals surface area contributed by atoms with Gasteiger partial charge >= 0.3 is 0 Å². The maximum absolute atomic E-state index is 11.3. The van der Waals surface area contributed by atoms with Gasteiger partial charge in [0.15, 0.2) is 0 Å². The average molecular weight is 353 g/mol. The summed E-state index contributed by atoms with van der Waals surface area (Å²) < 4.78 is 1.14. The van der Waals surface area contributed by atoms with Crippen LogP contribution in [0.2, 0.25) is 0 Å². The van der Waals surface area contributed by atoms with Crippen molar-refractivity contribution >= 4 is 38.9 Å². The highest BCUT2D eigenvalue weighted by molar-refractivity contribution is 9.11. The molecule has 1 N–H and O–H groups in total. The molecule has 1 amide bonds. The van der Waals surface area contributed by atoms with Gasteiger partial charge in [0.25, 0.3) is 0 Å². The Morgan fingerprint density at radius 1 is 1.35 bits per heavy atom. The summed E-state index contributed by atoms with van der Waals surface area (Å²) >= 11 is 5.19. The molecule has 0 spiro atoms. The molecular formula is C15H17BrN2OS. The second-order valence-electron chi connectivity index (χ2n) is 4.63. The summed E-state index contributed by atoms with van der Waals surface area (Å²) in [7, 11) is 1.81. The lowest BCUT2D eigenvalue weighted by Crippen LogP contribution is -2.22. The second kappa shape index (κ2) is 6.90. The van der Waals surface area contributed by atoms with E-state index in [0.717, 1.165) is 21.6 Å². The van der Waals surface area contributed by atoms with Crippen molar-refractivity contribution in [2.75, 3.05) is 12.4 Å². The third kappa shape index (κ3) is 4.35. The van der Waals surface area contributed by atoms with E-state index in [1.807, 2.05) is 25.2 Å². The number of carbonyl (C=O) groups is 1. The molecule has 0 bridgehead atoms. The van der Waals surface area contributed by atoms with Gasteiger partial charge in [-0.05, 0) is 45.8 Å². The van der Waals surface area contributed by atoms with E-state index in [0.29, 0.717) is 6.54 Å². The van der Waals surface area contributed by atoms with E-state index in [-0.39, 0.29) is 5.91 Å². The number of nitrogens with zero attached hydrogens (tertiary/aromatic N) is 1. The van der Waals surface area contributed by atoms with Crippen molar-refractivity contribution in [1.29, 1.82) is 0 Å². The number of carbonyl (C=O) groups excluding carboxylic acids is 1. The highest BCUT2D eigenvalue weighted by Crippen LogP contribution is 2.23. The molecule has 20 heavy (non-hydrogen) atoms.